The molecular formula is C24H22O8. The van der Waals surface area contributed by atoms with Crippen LogP contribution < -0.4 is 20.3 Å². The molecule has 1 atom stereocenters. The summed E-state index contributed by atoms with van der Waals surface area (Å²) in [5.74, 6) is 1.29. The smallest absolute Gasteiger partial charge is 0.196 e. The van der Waals surface area contributed by atoms with E-state index in [4.69, 9.17) is 18.3 Å². The van der Waals surface area contributed by atoms with Crippen LogP contribution in [0.5, 0.6) is 11.5 Å². The minimum absolute atomic E-state index is 0.137. The molecule has 1 unspecified atom stereocenters. The average Bonchev–Trinajstić information content (AvgIpc) is 2.80. The van der Waals surface area contributed by atoms with Crippen molar-refractivity contribution >= 4 is 21.9 Å². The van der Waals surface area contributed by atoms with Gasteiger partial charge in [-0.25, -0.2) is 0 Å². The molecule has 0 amide bonds. The zero-order valence-corrected chi connectivity index (χ0v) is 17.4. The first kappa shape index (κ1) is 21.6. The second-order valence-electron chi connectivity index (χ2n) is 7.20. The summed E-state index contributed by atoms with van der Waals surface area (Å²) in [5, 5.41) is 20.1. The van der Waals surface area contributed by atoms with Gasteiger partial charge >= 0.3 is 0 Å². The number of aliphatic hydroxyl groups excluding tert-OH is 2. The van der Waals surface area contributed by atoms with E-state index < -0.39 is 12.7 Å². The number of benzene rings is 2. The Hall–Kier alpha value is -3.62. The number of ether oxygens (including phenoxy) is 2. The molecule has 32 heavy (non-hydrogen) atoms. The molecule has 2 aromatic heterocycles. The molecule has 0 fully saturated rings. The van der Waals surface area contributed by atoms with Crippen molar-refractivity contribution in [1.82, 2.24) is 0 Å². The molecule has 2 aromatic carbocycles. The first-order valence-electron chi connectivity index (χ1n) is 10.2. The molecule has 4 rings (SSSR count). The second kappa shape index (κ2) is 9.25. The van der Waals surface area contributed by atoms with Gasteiger partial charge in [0.05, 0.1) is 0 Å². The molecule has 4 aromatic rings. The maximum atomic E-state index is 12.5. The number of hydrogen-bond acceptors (Lipinski definition) is 8. The van der Waals surface area contributed by atoms with E-state index in [2.05, 4.69) is 0 Å². The first-order valence-corrected chi connectivity index (χ1v) is 10.2. The van der Waals surface area contributed by atoms with Crippen LogP contribution >= 0.6 is 0 Å². The lowest BCUT2D eigenvalue weighted by Crippen LogP contribution is -2.25. The zero-order valence-electron chi connectivity index (χ0n) is 17.4. The summed E-state index contributed by atoms with van der Waals surface area (Å²) in [6.07, 6.45) is -0.439. The molecule has 8 nitrogen and oxygen atoms in total. The van der Waals surface area contributed by atoms with Crippen LogP contribution in [0.25, 0.3) is 21.9 Å². The molecule has 0 saturated heterocycles. The van der Waals surface area contributed by atoms with Crippen molar-refractivity contribution in [3.8, 4) is 11.5 Å². The van der Waals surface area contributed by atoms with Gasteiger partial charge in [-0.05, 0) is 24.3 Å². The Bertz CT molecular complexity index is 1260. The molecule has 166 valence electrons. The molecule has 0 bridgehead atoms. The zero-order chi connectivity index (χ0) is 22.7. The van der Waals surface area contributed by atoms with Crippen molar-refractivity contribution in [3.63, 3.8) is 0 Å². The highest BCUT2D eigenvalue weighted by Gasteiger charge is 2.15. The van der Waals surface area contributed by atoms with E-state index in [1.807, 2.05) is 6.92 Å². The Balaban J connectivity index is 1.47. The Kier molecular flexibility index (Phi) is 6.25. The standard InChI is InChI=1S/C24H22O8/c1-2-15-9-17(27)23-19(5-3-7-21(23)31-15)29-12-14(26)13-30-20-6-4-8-22-24(20)18(28)10-16(11-25)32-22/h3-10,14,25-26H,2,11-13H2,1H3. The Labute approximate surface area is 182 Å². The summed E-state index contributed by atoms with van der Waals surface area (Å²) < 4.78 is 22.4. The normalized spacial score (nSPS) is 12.2. The van der Waals surface area contributed by atoms with E-state index in [9.17, 15) is 19.8 Å². The maximum Gasteiger partial charge on any atom is 0.196 e. The van der Waals surface area contributed by atoms with Crippen molar-refractivity contribution in [2.75, 3.05) is 13.2 Å². The Morgan fingerprint density at radius 3 is 1.84 bits per heavy atom. The summed E-state index contributed by atoms with van der Waals surface area (Å²) in [4.78, 5) is 24.8. The minimum Gasteiger partial charge on any atom is -0.490 e. The van der Waals surface area contributed by atoms with Gasteiger partial charge in [0, 0.05) is 18.6 Å². The molecule has 0 aliphatic carbocycles. The molecule has 2 heterocycles. The third-order valence-electron chi connectivity index (χ3n) is 4.90. The third-order valence-corrected chi connectivity index (χ3v) is 4.90. The van der Waals surface area contributed by atoms with Crippen LogP contribution in [0.15, 0.2) is 67.0 Å². The van der Waals surface area contributed by atoms with Crippen molar-refractivity contribution in [3.05, 3.63) is 80.5 Å². The van der Waals surface area contributed by atoms with Crippen molar-refractivity contribution in [2.45, 2.75) is 26.1 Å². The van der Waals surface area contributed by atoms with Crippen molar-refractivity contribution in [1.29, 1.82) is 0 Å². The predicted octanol–water partition coefficient (Wildman–Crippen LogP) is 2.77. The van der Waals surface area contributed by atoms with Gasteiger partial charge in [-0.1, -0.05) is 19.1 Å². The van der Waals surface area contributed by atoms with E-state index >= 15 is 0 Å². The summed E-state index contributed by atoms with van der Waals surface area (Å²) in [7, 11) is 0. The lowest BCUT2D eigenvalue weighted by molar-refractivity contribution is 0.0636. The number of hydrogen-bond donors (Lipinski definition) is 2. The molecule has 0 aliphatic rings. The lowest BCUT2D eigenvalue weighted by atomic mass is 10.2. The fourth-order valence-electron chi connectivity index (χ4n) is 3.37. The highest BCUT2D eigenvalue weighted by Crippen LogP contribution is 2.25. The van der Waals surface area contributed by atoms with Crippen LogP contribution in [-0.2, 0) is 13.0 Å². The quantitative estimate of drug-likeness (QED) is 0.431. The SMILES string of the molecule is CCc1cc(=O)c2c(OCC(O)COc3cccc4oc(CO)cc(=O)c34)cccc2o1. The number of aryl methyl sites for hydroxylation is 1. The summed E-state index contributed by atoms with van der Waals surface area (Å²) >= 11 is 0. The predicted molar refractivity (Wildman–Crippen MR) is 117 cm³/mol. The van der Waals surface area contributed by atoms with E-state index in [0.717, 1.165) is 0 Å². The fraction of sp³-hybridized carbons (Fsp3) is 0.250. The van der Waals surface area contributed by atoms with E-state index in [1.165, 1.54) is 12.1 Å². The van der Waals surface area contributed by atoms with Gasteiger partial charge in [-0.15, -0.1) is 0 Å². The molecule has 0 aliphatic heterocycles. The van der Waals surface area contributed by atoms with E-state index in [-0.39, 0.29) is 46.6 Å². The molecule has 2 N–H and O–H groups in total. The topological polar surface area (TPSA) is 119 Å². The van der Waals surface area contributed by atoms with Gasteiger partial charge < -0.3 is 28.5 Å². The summed E-state index contributed by atoms with van der Waals surface area (Å²) in [6, 6.07) is 12.5. The van der Waals surface area contributed by atoms with Gasteiger partial charge in [0.1, 0.15) is 70.9 Å². The molecule has 8 heteroatoms. The van der Waals surface area contributed by atoms with Crippen LogP contribution in [0.1, 0.15) is 18.4 Å². The van der Waals surface area contributed by atoms with Gasteiger partial charge in [-0.2, -0.15) is 0 Å². The molecule has 0 radical (unpaired) electrons. The second-order valence-corrected chi connectivity index (χ2v) is 7.20. The summed E-state index contributed by atoms with van der Waals surface area (Å²) in [6.45, 7) is 1.21. The monoisotopic (exact) mass is 438 g/mol. The fourth-order valence-corrected chi connectivity index (χ4v) is 3.37. The van der Waals surface area contributed by atoms with E-state index in [0.29, 0.717) is 28.9 Å². The maximum absolute atomic E-state index is 12.5. The number of rotatable bonds is 8. The van der Waals surface area contributed by atoms with Crippen LogP contribution in [0.4, 0.5) is 0 Å². The van der Waals surface area contributed by atoms with Gasteiger partial charge in [-0.3, -0.25) is 9.59 Å². The molecule has 0 saturated carbocycles. The largest absolute Gasteiger partial charge is 0.490 e. The summed E-state index contributed by atoms with van der Waals surface area (Å²) in [5.41, 5.74) is 0.126. The van der Waals surface area contributed by atoms with Gasteiger partial charge in [0.25, 0.3) is 0 Å². The minimum atomic E-state index is -1.04. The first-order chi connectivity index (χ1) is 15.5. The van der Waals surface area contributed by atoms with Crippen LogP contribution in [0, 0.1) is 0 Å². The van der Waals surface area contributed by atoms with Gasteiger partial charge in [0.2, 0.25) is 0 Å². The van der Waals surface area contributed by atoms with Crippen LogP contribution in [0.3, 0.4) is 0 Å². The lowest BCUT2D eigenvalue weighted by Gasteiger charge is -2.15. The van der Waals surface area contributed by atoms with Crippen LogP contribution in [-0.4, -0.2) is 29.5 Å². The van der Waals surface area contributed by atoms with Gasteiger partial charge in [0.15, 0.2) is 10.9 Å². The Morgan fingerprint density at radius 2 is 1.34 bits per heavy atom. The van der Waals surface area contributed by atoms with E-state index in [1.54, 1.807) is 36.4 Å². The highest BCUT2D eigenvalue weighted by molar-refractivity contribution is 5.84. The number of aliphatic hydroxyl groups is 2. The van der Waals surface area contributed by atoms with Crippen molar-refractivity contribution in [2.24, 2.45) is 0 Å². The third kappa shape index (κ3) is 4.37. The van der Waals surface area contributed by atoms with Crippen LogP contribution in [0.2, 0.25) is 0 Å². The Morgan fingerprint density at radius 1 is 0.844 bits per heavy atom. The average molecular weight is 438 g/mol. The highest BCUT2D eigenvalue weighted by atomic mass is 16.5. The molecule has 0 spiro atoms. The van der Waals surface area contributed by atoms with Crippen molar-refractivity contribution < 1.29 is 28.5 Å². The molecular weight excluding hydrogens is 416 g/mol. The number of fused-ring (bicyclic) bond motifs is 2.